The van der Waals surface area contributed by atoms with E-state index in [1.807, 2.05) is 30.2 Å². The van der Waals surface area contributed by atoms with Crippen molar-refractivity contribution in [2.75, 3.05) is 0 Å². The molecule has 0 spiro atoms. The van der Waals surface area contributed by atoms with Gasteiger partial charge in [-0.3, -0.25) is 4.98 Å². The summed E-state index contributed by atoms with van der Waals surface area (Å²) in [6.45, 7) is 0. The van der Waals surface area contributed by atoms with Gasteiger partial charge in [-0.15, -0.1) is 11.8 Å². The molecule has 2 nitrogen and oxygen atoms in total. The van der Waals surface area contributed by atoms with Crippen LogP contribution in [0.25, 0.3) is 21.8 Å². The number of thioether (sulfide) groups is 1. The number of hydrogen-bond donors (Lipinski definition) is 1. The molecule has 2 atom stereocenters. The lowest BCUT2D eigenvalue weighted by Crippen LogP contribution is -1.92. The number of pyridine rings is 1. The van der Waals surface area contributed by atoms with Gasteiger partial charge in [-0.2, -0.15) is 0 Å². The summed E-state index contributed by atoms with van der Waals surface area (Å²) < 4.78 is 0. The summed E-state index contributed by atoms with van der Waals surface area (Å²) in [5.74, 6) is 0. The Morgan fingerprint density at radius 1 is 1.00 bits per heavy atom. The van der Waals surface area contributed by atoms with Crippen LogP contribution in [0.4, 0.5) is 0 Å². The van der Waals surface area contributed by atoms with Crippen LogP contribution < -0.4 is 0 Å². The highest BCUT2D eigenvalue weighted by Crippen LogP contribution is 2.57. The fraction of sp³-hybridized carbons (Fsp3) is 0.133. The molecule has 0 fully saturated rings. The molecular formula is C15H10N2S. The maximum absolute atomic E-state index is 4.24. The molecule has 86 valence electrons. The van der Waals surface area contributed by atoms with Crippen LogP contribution in [0, 0.1) is 0 Å². The lowest BCUT2D eigenvalue weighted by molar-refractivity contribution is 1.14. The van der Waals surface area contributed by atoms with Crippen LogP contribution >= 0.6 is 11.8 Å². The zero-order valence-corrected chi connectivity index (χ0v) is 10.4. The standard InChI is InChI=1S/C15H10N2S/c1-2-15-10-6-13-8(5-9(10)14(1)18-15)11-7-16-4-3-12(11)17-13/h1-7,14-15,17H. The zero-order chi connectivity index (χ0) is 11.7. The highest BCUT2D eigenvalue weighted by molar-refractivity contribution is 8.00. The third kappa shape index (κ3) is 0.993. The quantitative estimate of drug-likeness (QED) is 0.608. The normalized spacial score (nSPS) is 24.2. The smallest absolute Gasteiger partial charge is 0.0495 e. The Labute approximate surface area is 108 Å². The number of H-pyrrole nitrogens is 1. The maximum Gasteiger partial charge on any atom is 0.0495 e. The minimum Gasteiger partial charge on any atom is -0.354 e. The number of nitrogens with one attached hydrogen (secondary N) is 1. The van der Waals surface area contributed by atoms with Crippen molar-refractivity contribution in [1.29, 1.82) is 0 Å². The SMILES string of the molecule is C1=CC2SC1c1cc3[nH]c4ccncc4c3cc12. The molecule has 4 heterocycles. The van der Waals surface area contributed by atoms with Crippen LogP contribution in [-0.4, -0.2) is 9.97 Å². The van der Waals surface area contributed by atoms with Gasteiger partial charge in [-0.25, -0.2) is 0 Å². The third-order valence-electron chi connectivity index (χ3n) is 3.97. The molecule has 2 aliphatic heterocycles. The summed E-state index contributed by atoms with van der Waals surface area (Å²) in [5, 5.41) is 3.67. The summed E-state index contributed by atoms with van der Waals surface area (Å²) >= 11 is 2.04. The first kappa shape index (κ1) is 9.22. The first-order valence-corrected chi connectivity index (χ1v) is 7.07. The van der Waals surface area contributed by atoms with Crippen LogP contribution in [0.15, 0.2) is 42.7 Å². The average Bonchev–Trinajstić information content (AvgIpc) is 3.09. The second kappa shape index (κ2) is 2.98. The van der Waals surface area contributed by atoms with E-state index < -0.39 is 0 Å². The zero-order valence-electron chi connectivity index (χ0n) is 9.55. The fourth-order valence-electron chi connectivity index (χ4n) is 3.12. The molecule has 0 saturated carbocycles. The Kier molecular flexibility index (Phi) is 1.53. The predicted octanol–water partition coefficient (Wildman–Crippen LogP) is 4.11. The molecule has 0 aliphatic carbocycles. The minimum absolute atomic E-state index is 0.566. The topological polar surface area (TPSA) is 28.7 Å². The number of hydrogen-bond acceptors (Lipinski definition) is 2. The van der Waals surface area contributed by atoms with Gasteiger partial charge in [0.05, 0.1) is 0 Å². The van der Waals surface area contributed by atoms with Crippen molar-refractivity contribution in [1.82, 2.24) is 9.97 Å². The largest absolute Gasteiger partial charge is 0.354 e. The number of rotatable bonds is 0. The molecule has 0 amide bonds. The van der Waals surface area contributed by atoms with Gasteiger partial charge in [-0.1, -0.05) is 12.2 Å². The number of fused-ring (bicyclic) bond motifs is 8. The number of nitrogens with zero attached hydrogens (tertiary/aromatic N) is 1. The van der Waals surface area contributed by atoms with E-state index in [0.717, 1.165) is 0 Å². The van der Waals surface area contributed by atoms with E-state index in [-0.39, 0.29) is 0 Å². The van der Waals surface area contributed by atoms with Gasteiger partial charge >= 0.3 is 0 Å². The van der Waals surface area contributed by atoms with Crippen molar-refractivity contribution in [2.24, 2.45) is 0 Å². The van der Waals surface area contributed by atoms with E-state index in [0.29, 0.717) is 10.5 Å². The van der Waals surface area contributed by atoms with E-state index in [1.54, 1.807) is 0 Å². The number of aromatic nitrogens is 2. The van der Waals surface area contributed by atoms with Crippen molar-refractivity contribution in [2.45, 2.75) is 10.5 Å². The maximum atomic E-state index is 4.24. The van der Waals surface area contributed by atoms with Gasteiger partial charge in [-0.05, 0) is 29.3 Å². The van der Waals surface area contributed by atoms with E-state index in [2.05, 4.69) is 34.3 Å². The molecule has 2 aromatic heterocycles. The molecule has 1 aromatic carbocycles. The van der Waals surface area contributed by atoms with Crippen LogP contribution in [0.1, 0.15) is 21.6 Å². The van der Waals surface area contributed by atoms with Crippen LogP contribution in [0.5, 0.6) is 0 Å². The van der Waals surface area contributed by atoms with Crippen molar-refractivity contribution in [3.8, 4) is 0 Å². The lowest BCUT2D eigenvalue weighted by atomic mass is 9.95. The van der Waals surface area contributed by atoms with E-state index >= 15 is 0 Å². The highest BCUT2D eigenvalue weighted by Gasteiger charge is 2.33. The summed E-state index contributed by atoms with van der Waals surface area (Å²) in [4.78, 5) is 7.73. The number of aromatic amines is 1. The van der Waals surface area contributed by atoms with Crippen LogP contribution in [0.3, 0.4) is 0 Å². The van der Waals surface area contributed by atoms with Gasteiger partial charge in [0.25, 0.3) is 0 Å². The molecule has 18 heavy (non-hydrogen) atoms. The van der Waals surface area contributed by atoms with Crippen LogP contribution in [0.2, 0.25) is 0 Å². The average molecular weight is 250 g/mol. The molecular weight excluding hydrogens is 240 g/mol. The van der Waals surface area contributed by atoms with Crippen molar-refractivity contribution < 1.29 is 0 Å². The predicted molar refractivity (Wildman–Crippen MR) is 75.8 cm³/mol. The third-order valence-corrected chi connectivity index (χ3v) is 5.38. The first-order valence-electron chi connectivity index (χ1n) is 6.13. The Balaban J connectivity index is 1.94. The second-order valence-electron chi connectivity index (χ2n) is 4.94. The summed E-state index contributed by atoms with van der Waals surface area (Å²) in [6.07, 6.45) is 8.45. The van der Waals surface area contributed by atoms with Crippen molar-refractivity contribution in [3.63, 3.8) is 0 Å². The first-order chi connectivity index (χ1) is 8.90. The molecule has 5 rings (SSSR count). The van der Waals surface area contributed by atoms with Gasteiger partial charge in [0, 0.05) is 44.7 Å². The Morgan fingerprint density at radius 3 is 2.72 bits per heavy atom. The molecule has 3 heteroatoms. The van der Waals surface area contributed by atoms with E-state index in [1.165, 1.54) is 32.9 Å². The monoisotopic (exact) mass is 250 g/mol. The minimum atomic E-state index is 0.566. The Bertz CT molecular complexity index is 831. The van der Waals surface area contributed by atoms with Gasteiger partial charge in [0.15, 0.2) is 0 Å². The summed E-state index contributed by atoms with van der Waals surface area (Å²) in [6, 6.07) is 6.72. The van der Waals surface area contributed by atoms with Gasteiger partial charge in [0.1, 0.15) is 0 Å². The molecule has 2 aliphatic rings. The molecule has 1 N–H and O–H groups in total. The Morgan fingerprint density at radius 2 is 1.83 bits per heavy atom. The lowest BCUT2D eigenvalue weighted by Gasteiger charge is -2.08. The summed E-state index contributed by atoms with van der Waals surface area (Å²) in [5.41, 5.74) is 5.39. The molecule has 2 bridgehead atoms. The van der Waals surface area contributed by atoms with Crippen LogP contribution in [-0.2, 0) is 0 Å². The molecule has 0 radical (unpaired) electrons. The van der Waals surface area contributed by atoms with Gasteiger partial charge in [0.2, 0.25) is 0 Å². The number of benzene rings is 1. The van der Waals surface area contributed by atoms with E-state index in [9.17, 15) is 0 Å². The van der Waals surface area contributed by atoms with E-state index in [4.69, 9.17) is 0 Å². The highest BCUT2D eigenvalue weighted by atomic mass is 32.2. The van der Waals surface area contributed by atoms with Gasteiger partial charge < -0.3 is 4.98 Å². The molecule has 2 unspecified atom stereocenters. The second-order valence-corrected chi connectivity index (χ2v) is 6.22. The fourth-order valence-corrected chi connectivity index (χ4v) is 4.50. The molecule has 0 saturated heterocycles. The molecule has 3 aromatic rings. The van der Waals surface area contributed by atoms with Crippen molar-refractivity contribution >= 4 is 33.6 Å². The summed E-state index contributed by atoms with van der Waals surface area (Å²) in [7, 11) is 0. The van der Waals surface area contributed by atoms with Crippen molar-refractivity contribution in [3.05, 3.63) is 53.9 Å². The Hall–Kier alpha value is -1.74.